The van der Waals surface area contributed by atoms with Gasteiger partial charge in [0.1, 0.15) is 25.5 Å². The predicted octanol–water partition coefficient (Wildman–Crippen LogP) is 0.602. The molecule has 1 heterocycles. The number of rotatable bonds is 5. The van der Waals surface area contributed by atoms with Crippen LogP contribution in [0.2, 0.25) is 0 Å². The SMILES string of the molecule is C=CCn1cc[n+](CC(=C)C(=O)O)c1. The van der Waals surface area contributed by atoms with E-state index in [0.29, 0.717) is 13.1 Å². The number of hydrogen-bond donors (Lipinski definition) is 1. The first kappa shape index (κ1) is 10.2. The molecule has 0 bridgehead atoms. The summed E-state index contributed by atoms with van der Waals surface area (Å²) in [6, 6.07) is 0. The molecule has 74 valence electrons. The molecule has 0 saturated carbocycles. The Labute approximate surface area is 82.4 Å². The first-order valence-electron chi connectivity index (χ1n) is 4.20. The highest BCUT2D eigenvalue weighted by molar-refractivity contribution is 5.85. The maximum atomic E-state index is 10.5. The van der Waals surface area contributed by atoms with Crippen LogP contribution in [-0.2, 0) is 17.9 Å². The van der Waals surface area contributed by atoms with Gasteiger partial charge in [-0.25, -0.2) is 13.9 Å². The van der Waals surface area contributed by atoms with Crippen LogP contribution in [0, 0.1) is 0 Å². The van der Waals surface area contributed by atoms with Crippen molar-refractivity contribution in [3.63, 3.8) is 0 Å². The van der Waals surface area contributed by atoms with E-state index in [-0.39, 0.29) is 5.57 Å². The Bertz CT molecular complexity index is 366. The first-order valence-corrected chi connectivity index (χ1v) is 4.20. The average Bonchev–Trinajstić information content (AvgIpc) is 2.53. The summed E-state index contributed by atoms with van der Waals surface area (Å²) in [5.41, 5.74) is 0.173. The normalized spacial score (nSPS) is 9.71. The predicted molar refractivity (Wildman–Crippen MR) is 51.6 cm³/mol. The third-order valence-electron chi connectivity index (χ3n) is 1.76. The van der Waals surface area contributed by atoms with Crippen molar-refractivity contribution in [2.75, 3.05) is 0 Å². The molecule has 1 rings (SSSR count). The Morgan fingerprint density at radius 3 is 2.93 bits per heavy atom. The lowest BCUT2D eigenvalue weighted by Crippen LogP contribution is -2.33. The van der Waals surface area contributed by atoms with Crippen LogP contribution in [0.25, 0.3) is 0 Å². The maximum absolute atomic E-state index is 10.5. The molecule has 4 heteroatoms. The Hall–Kier alpha value is -1.84. The molecule has 0 unspecified atom stereocenters. The summed E-state index contributed by atoms with van der Waals surface area (Å²) in [6.45, 7) is 8.09. The third kappa shape index (κ3) is 2.58. The van der Waals surface area contributed by atoms with Gasteiger partial charge in [0, 0.05) is 0 Å². The van der Waals surface area contributed by atoms with E-state index in [4.69, 9.17) is 5.11 Å². The molecule has 0 aromatic carbocycles. The fourth-order valence-electron chi connectivity index (χ4n) is 1.08. The molecule has 0 saturated heterocycles. The van der Waals surface area contributed by atoms with E-state index < -0.39 is 5.97 Å². The topological polar surface area (TPSA) is 46.1 Å². The number of hydrogen-bond acceptors (Lipinski definition) is 1. The van der Waals surface area contributed by atoms with Gasteiger partial charge in [-0.05, 0) is 0 Å². The Morgan fingerprint density at radius 2 is 2.36 bits per heavy atom. The van der Waals surface area contributed by atoms with Crippen LogP contribution in [0.15, 0.2) is 43.5 Å². The van der Waals surface area contributed by atoms with E-state index in [1.54, 1.807) is 16.8 Å². The second-order valence-electron chi connectivity index (χ2n) is 2.98. The Morgan fingerprint density at radius 1 is 1.64 bits per heavy atom. The standard InChI is InChI=1S/C10H12N2O2/c1-3-4-11-5-6-12(8-11)7-9(2)10(13)14/h3,5-6,8H,1-2,4,7H2/p+1. The number of allylic oxidation sites excluding steroid dienone is 1. The van der Waals surface area contributed by atoms with Gasteiger partial charge in [-0.15, -0.1) is 0 Å². The lowest BCUT2D eigenvalue weighted by molar-refractivity contribution is -0.687. The molecule has 0 aliphatic heterocycles. The van der Waals surface area contributed by atoms with E-state index in [1.165, 1.54) is 0 Å². The minimum Gasteiger partial charge on any atom is -0.478 e. The van der Waals surface area contributed by atoms with E-state index in [9.17, 15) is 4.79 Å². The van der Waals surface area contributed by atoms with Crippen LogP contribution in [0.3, 0.4) is 0 Å². The zero-order valence-corrected chi connectivity index (χ0v) is 7.89. The second kappa shape index (κ2) is 4.41. The summed E-state index contributed by atoms with van der Waals surface area (Å²) in [6.07, 6.45) is 7.25. The minimum atomic E-state index is -0.964. The molecule has 0 atom stereocenters. The molecular weight excluding hydrogens is 180 g/mol. The second-order valence-corrected chi connectivity index (χ2v) is 2.98. The molecule has 0 amide bonds. The smallest absolute Gasteiger partial charge is 0.334 e. The van der Waals surface area contributed by atoms with Crippen molar-refractivity contribution >= 4 is 5.97 Å². The van der Waals surface area contributed by atoms with Gasteiger partial charge in [0.15, 0.2) is 0 Å². The minimum absolute atomic E-state index is 0.173. The van der Waals surface area contributed by atoms with Crippen LogP contribution in [0.5, 0.6) is 0 Å². The fourth-order valence-corrected chi connectivity index (χ4v) is 1.08. The van der Waals surface area contributed by atoms with Gasteiger partial charge in [-0.3, -0.25) is 0 Å². The van der Waals surface area contributed by atoms with Crippen molar-refractivity contribution in [3.05, 3.63) is 43.5 Å². The summed E-state index contributed by atoms with van der Waals surface area (Å²) in [7, 11) is 0. The number of carbonyl (C=O) groups is 1. The molecule has 0 aliphatic rings. The molecule has 1 aromatic heterocycles. The van der Waals surface area contributed by atoms with Crippen molar-refractivity contribution in [3.8, 4) is 0 Å². The molecule has 0 fully saturated rings. The summed E-state index contributed by atoms with van der Waals surface area (Å²) < 4.78 is 3.67. The number of aromatic nitrogens is 2. The van der Waals surface area contributed by atoms with Crippen molar-refractivity contribution in [1.82, 2.24) is 4.57 Å². The highest BCUT2D eigenvalue weighted by Crippen LogP contribution is 1.91. The van der Waals surface area contributed by atoms with Crippen LogP contribution < -0.4 is 4.57 Å². The van der Waals surface area contributed by atoms with Gasteiger partial charge in [0.25, 0.3) is 0 Å². The van der Waals surface area contributed by atoms with E-state index >= 15 is 0 Å². The van der Waals surface area contributed by atoms with Gasteiger partial charge < -0.3 is 5.11 Å². The zero-order chi connectivity index (χ0) is 10.6. The third-order valence-corrected chi connectivity index (χ3v) is 1.76. The van der Waals surface area contributed by atoms with Gasteiger partial charge >= 0.3 is 5.97 Å². The Kier molecular flexibility index (Phi) is 3.23. The van der Waals surface area contributed by atoms with E-state index in [2.05, 4.69) is 13.2 Å². The largest absolute Gasteiger partial charge is 0.478 e. The van der Waals surface area contributed by atoms with Gasteiger partial charge in [-0.1, -0.05) is 19.2 Å². The lowest BCUT2D eigenvalue weighted by atomic mass is 10.3. The van der Waals surface area contributed by atoms with Crippen molar-refractivity contribution < 1.29 is 14.5 Å². The lowest BCUT2D eigenvalue weighted by Gasteiger charge is -1.94. The maximum Gasteiger partial charge on any atom is 0.334 e. The van der Waals surface area contributed by atoms with E-state index in [1.807, 2.05) is 17.1 Å². The van der Waals surface area contributed by atoms with Gasteiger partial charge in [0.2, 0.25) is 6.33 Å². The summed E-state index contributed by atoms with van der Waals surface area (Å²) in [5.74, 6) is -0.964. The van der Waals surface area contributed by atoms with Crippen LogP contribution in [0.4, 0.5) is 0 Å². The summed E-state index contributed by atoms with van der Waals surface area (Å²) >= 11 is 0. The summed E-state index contributed by atoms with van der Waals surface area (Å²) in [4.78, 5) is 10.5. The summed E-state index contributed by atoms with van der Waals surface area (Å²) in [5, 5.41) is 8.62. The number of carboxylic acids is 1. The quantitative estimate of drug-likeness (QED) is 0.423. The molecule has 0 radical (unpaired) electrons. The monoisotopic (exact) mass is 193 g/mol. The van der Waals surface area contributed by atoms with Crippen molar-refractivity contribution in [2.45, 2.75) is 13.1 Å². The molecule has 0 aliphatic carbocycles. The highest BCUT2D eigenvalue weighted by Gasteiger charge is 2.09. The van der Waals surface area contributed by atoms with Crippen LogP contribution in [-0.4, -0.2) is 15.6 Å². The Balaban J connectivity index is 2.63. The first-order chi connectivity index (χ1) is 6.63. The number of aliphatic carboxylic acids is 1. The van der Waals surface area contributed by atoms with Gasteiger partial charge in [0.05, 0.1) is 5.57 Å². The molecular formula is C10H13N2O2+. The van der Waals surface area contributed by atoms with E-state index in [0.717, 1.165) is 0 Å². The molecule has 1 N–H and O–H groups in total. The van der Waals surface area contributed by atoms with Crippen molar-refractivity contribution in [2.24, 2.45) is 0 Å². The molecule has 0 spiro atoms. The molecule has 14 heavy (non-hydrogen) atoms. The number of imidazole rings is 1. The number of carboxylic acid groups (broad SMARTS) is 1. The molecule has 4 nitrogen and oxygen atoms in total. The van der Waals surface area contributed by atoms with Crippen molar-refractivity contribution in [1.29, 1.82) is 0 Å². The highest BCUT2D eigenvalue weighted by atomic mass is 16.4. The van der Waals surface area contributed by atoms with Crippen LogP contribution in [0.1, 0.15) is 0 Å². The number of nitrogens with zero attached hydrogens (tertiary/aromatic N) is 2. The van der Waals surface area contributed by atoms with Crippen LogP contribution >= 0.6 is 0 Å². The zero-order valence-electron chi connectivity index (χ0n) is 7.89. The fraction of sp³-hybridized carbons (Fsp3) is 0.200. The van der Waals surface area contributed by atoms with Gasteiger partial charge in [-0.2, -0.15) is 0 Å². The molecule has 1 aromatic rings. The average molecular weight is 193 g/mol.